The fourth-order valence-electron chi connectivity index (χ4n) is 1.43. The van der Waals surface area contributed by atoms with Gasteiger partial charge in [0, 0.05) is 5.54 Å². The molecule has 0 rings (SSSR count). The third-order valence-corrected chi connectivity index (χ3v) is 2.84. The zero-order valence-corrected chi connectivity index (χ0v) is 9.21. The Hall–Kier alpha value is -0.610. The number of carbonyl (C=O) groups is 1. The van der Waals surface area contributed by atoms with Gasteiger partial charge in [0.05, 0.1) is 6.61 Å². The summed E-state index contributed by atoms with van der Waals surface area (Å²) in [6.07, 6.45) is 1.98. The van der Waals surface area contributed by atoms with E-state index in [1.165, 1.54) is 0 Å². The highest BCUT2D eigenvalue weighted by atomic mass is 16.4. The van der Waals surface area contributed by atoms with Gasteiger partial charge < -0.3 is 10.2 Å². The Morgan fingerprint density at radius 2 is 1.86 bits per heavy atom. The van der Waals surface area contributed by atoms with E-state index in [1.54, 1.807) is 0 Å². The molecule has 14 heavy (non-hydrogen) atoms. The molecule has 0 saturated carbocycles. The first kappa shape index (κ1) is 13.4. The molecule has 4 nitrogen and oxygen atoms in total. The van der Waals surface area contributed by atoms with Gasteiger partial charge in [0.1, 0.15) is 6.04 Å². The van der Waals surface area contributed by atoms with E-state index in [1.807, 2.05) is 20.8 Å². The van der Waals surface area contributed by atoms with Crippen molar-refractivity contribution in [2.24, 2.45) is 0 Å². The van der Waals surface area contributed by atoms with Crippen LogP contribution in [0.1, 0.15) is 40.0 Å². The maximum atomic E-state index is 10.8. The van der Waals surface area contributed by atoms with Crippen LogP contribution in [0.3, 0.4) is 0 Å². The molecule has 0 saturated heterocycles. The second-order valence-corrected chi connectivity index (χ2v) is 3.59. The summed E-state index contributed by atoms with van der Waals surface area (Å²) in [7, 11) is 0. The van der Waals surface area contributed by atoms with Gasteiger partial charge in [-0.1, -0.05) is 20.8 Å². The Morgan fingerprint density at radius 1 is 1.36 bits per heavy atom. The van der Waals surface area contributed by atoms with E-state index >= 15 is 0 Å². The molecule has 0 aromatic heterocycles. The summed E-state index contributed by atoms with van der Waals surface area (Å²) < 4.78 is 0. The van der Waals surface area contributed by atoms with Crippen LogP contribution in [-0.4, -0.2) is 34.4 Å². The Labute approximate surface area is 85.3 Å². The van der Waals surface area contributed by atoms with Crippen LogP contribution in [0.25, 0.3) is 0 Å². The lowest BCUT2D eigenvalue weighted by Gasteiger charge is -2.33. The second-order valence-electron chi connectivity index (χ2n) is 3.59. The van der Waals surface area contributed by atoms with E-state index in [0.717, 1.165) is 12.8 Å². The average molecular weight is 203 g/mol. The number of aliphatic carboxylic acids is 1. The summed E-state index contributed by atoms with van der Waals surface area (Å²) in [5.41, 5.74) is -0.445. The van der Waals surface area contributed by atoms with Gasteiger partial charge >= 0.3 is 5.97 Å². The standard InChI is InChI=1S/C10H21NO3/c1-4-8(9(13)14)11-10(5-2,6-3)7-12/h8,11-12H,4-7H2,1-3H3,(H,13,14). The van der Waals surface area contributed by atoms with Crippen molar-refractivity contribution in [2.75, 3.05) is 6.61 Å². The lowest BCUT2D eigenvalue weighted by Crippen LogP contribution is -2.54. The molecule has 4 heteroatoms. The van der Waals surface area contributed by atoms with Crippen LogP contribution in [0.2, 0.25) is 0 Å². The largest absolute Gasteiger partial charge is 0.480 e. The molecule has 0 aliphatic carbocycles. The number of carboxylic acids is 1. The van der Waals surface area contributed by atoms with E-state index in [0.29, 0.717) is 6.42 Å². The summed E-state index contributed by atoms with van der Waals surface area (Å²) in [5, 5.41) is 21.1. The molecule has 0 radical (unpaired) electrons. The highest BCUT2D eigenvalue weighted by Gasteiger charge is 2.30. The SMILES string of the molecule is CCC(NC(CC)(CC)CO)C(=O)O. The van der Waals surface area contributed by atoms with Crippen molar-refractivity contribution < 1.29 is 15.0 Å². The van der Waals surface area contributed by atoms with Crippen molar-refractivity contribution in [3.8, 4) is 0 Å². The molecule has 1 unspecified atom stereocenters. The Morgan fingerprint density at radius 3 is 2.07 bits per heavy atom. The minimum absolute atomic E-state index is 0.0240. The van der Waals surface area contributed by atoms with Gasteiger partial charge in [-0.2, -0.15) is 0 Å². The molecule has 0 bridgehead atoms. The van der Waals surface area contributed by atoms with Crippen LogP contribution in [0, 0.1) is 0 Å². The number of hydrogen-bond donors (Lipinski definition) is 3. The van der Waals surface area contributed by atoms with Crippen LogP contribution in [-0.2, 0) is 4.79 Å². The van der Waals surface area contributed by atoms with Crippen LogP contribution >= 0.6 is 0 Å². The van der Waals surface area contributed by atoms with Crippen molar-refractivity contribution in [1.82, 2.24) is 5.32 Å². The molecule has 0 fully saturated rings. The average Bonchev–Trinajstić information content (AvgIpc) is 2.20. The lowest BCUT2D eigenvalue weighted by atomic mass is 9.92. The summed E-state index contributed by atoms with van der Waals surface area (Å²) in [4.78, 5) is 10.8. The number of carboxylic acid groups (broad SMARTS) is 1. The molecular formula is C10H21NO3. The fraction of sp³-hybridized carbons (Fsp3) is 0.900. The van der Waals surface area contributed by atoms with Crippen molar-refractivity contribution >= 4 is 5.97 Å². The normalized spacial score (nSPS) is 14.0. The van der Waals surface area contributed by atoms with E-state index in [4.69, 9.17) is 5.11 Å². The van der Waals surface area contributed by atoms with Gasteiger partial charge in [0.2, 0.25) is 0 Å². The van der Waals surface area contributed by atoms with E-state index in [9.17, 15) is 9.90 Å². The minimum atomic E-state index is -0.854. The molecule has 84 valence electrons. The van der Waals surface area contributed by atoms with Crippen LogP contribution in [0.4, 0.5) is 0 Å². The summed E-state index contributed by atoms with van der Waals surface area (Å²) in [6.45, 7) is 5.69. The topological polar surface area (TPSA) is 69.6 Å². The summed E-state index contributed by atoms with van der Waals surface area (Å²) >= 11 is 0. The van der Waals surface area contributed by atoms with Crippen molar-refractivity contribution in [3.63, 3.8) is 0 Å². The maximum absolute atomic E-state index is 10.8. The molecule has 0 aromatic rings. The Balaban J connectivity index is 4.47. The molecule has 0 aromatic carbocycles. The molecule has 0 spiro atoms. The third kappa shape index (κ3) is 3.27. The predicted octanol–water partition coefficient (Wildman–Crippen LogP) is 0.990. The first-order valence-electron chi connectivity index (χ1n) is 5.16. The van der Waals surface area contributed by atoms with Gasteiger partial charge in [-0.05, 0) is 19.3 Å². The Bertz CT molecular complexity index is 170. The second kappa shape index (κ2) is 5.98. The van der Waals surface area contributed by atoms with Crippen LogP contribution in [0.5, 0.6) is 0 Å². The van der Waals surface area contributed by atoms with E-state index in [-0.39, 0.29) is 6.61 Å². The quantitative estimate of drug-likeness (QED) is 0.577. The molecule has 1 atom stereocenters. The fourth-order valence-corrected chi connectivity index (χ4v) is 1.43. The molecule has 3 N–H and O–H groups in total. The monoisotopic (exact) mass is 203 g/mol. The zero-order valence-electron chi connectivity index (χ0n) is 9.21. The lowest BCUT2D eigenvalue weighted by molar-refractivity contribution is -0.140. The molecule has 0 heterocycles. The van der Waals surface area contributed by atoms with Crippen molar-refractivity contribution in [3.05, 3.63) is 0 Å². The highest BCUT2D eigenvalue weighted by Crippen LogP contribution is 2.15. The number of nitrogens with one attached hydrogen (secondary N) is 1. The predicted molar refractivity (Wildman–Crippen MR) is 55.2 cm³/mol. The smallest absolute Gasteiger partial charge is 0.320 e. The molecular weight excluding hydrogens is 182 g/mol. The van der Waals surface area contributed by atoms with Gasteiger partial charge in [0.15, 0.2) is 0 Å². The van der Waals surface area contributed by atoms with Gasteiger partial charge in [-0.15, -0.1) is 0 Å². The number of rotatable bonds is 7. The minimum Gasteiger partial charge on any atom is -0.480 e. The van der Waals surface area contributed by atoms with Gasteiger partial charge in [0.25, 0.3) is 0 Å². The first-order valence-corrected chi connectivity index (χ1v) is 5.16. The van der Waals surface area contributed by atoms with Crippen molar-refractivity contribution in [1.29, 1.82) is 0 Å². The number of aliphatic hydroxyl groups is 1. The Kier molecular flexibility index (Phi) is 5.72. The van der Waals surface area contributed by atoms with Crippen LogP contribution < -0.4 is 5.32 Å². The van der Waals surface area contributed by atoms with Gasteiger partial charge in [-0.25, -0.2) is 0 Å². The summed E-state index contributed by atoms with van der Waals surface area (Å²) in [5.74, 6) is -0.854. The zero-order chi connectivity index (χ0) is 11.2. The summed E-state index contributed by atoms with van der Waals surface area (Å²) in [6, 6.07) is -0.568. The highest BCUT2D eigenvalue weighted by molar-refractivity contribution is 5.73. The molecule has 0 aliphatic rings. The number of hydrogen-bond acceptors (Lipinski definition) is 3. The van der Waals surface area contributed by atoms with Crippen LogP contribution in [0.15, 0.2) is 0 Å². The third-order valence-electron chi connectivity index (χ3n) is 2.84. The maximum Gasteiger partial charge on any atom is 0.320 e. The number of aliphatic hydroxyl groups excluding tert-OH is 1. The van der Waals surface area contributed by atoms with E-state index in [2.05, 4.69) is 5.32 Å². The van der Waals surface area contributed by atoms with Crippen molar-refractivity contribution in [2.45, 2.75) is 51.6 Å². The molecule has 0 amide bonds. The van der Waals surface area contributed by atoms with Gasteiger partial charge in [-0.3, -0.25) is 10.1 Å². The molecule has 0 aliphatic heterocycles. The van der Waals surface area contributed by atoms with E-state index < -0.39 is 17.6 Å². The first-order chi connectivity index (χ1) is 6.55.